The molecule has 3 aliphatic rings. The molecule has 3 aromatic rings. The van der Waals surface area contributed by atoms with Crippen LogP contribution in [-0.4, -0.2) is 84.8 Å². The molecule has 3 aliphatic heterocycles. The van der Waals surface area contributed by atoms with Gasteiger partial charge in [0.25, 0.3) is 0 Å². The number of ether oxygens (including phenoxy) is 3. The van der Waals surface area contributed by atoms with E-state index in [0.717, 1.165) is 22.2 Å². The maximum atomic E-state index is 11.7. The minimum atomic E-state index is -3.18. The third kappa shape index (κ3) is 4.42. The Balaban J connectivity index is 1.20. The molecule has 2 N–H and O–H groups in total. The maximum Gasteiger partial charge on any atom is 0.211 e. The van der Waals surface area contributed by atoms with Crippen LogP contribution in [0, 0.1) is 0 Å². The van der Waals surface area contributed by atoms with Crippen molar-refractivity contribution in [3.05, 3.63) is 53.1 Å². The Morgan fingerprint density at radius 3 is 2.61 bits per heavy atom. The molecule has 9 nitrogen and oxygen atoms in total. The van der Waals surface area contributed by atoms with E-state index in [4.69, 9.17) is 30.8 Å². The van der Waals surface area contributed by atoms with Crippen LogP contribution >= 0.6 is 11.6 Å². The van der Waals surface area contributed by atoms with E-state index in [1.807, 2.05) is 42.5 Å². The number of sulfonamides is 1. The molecule has 0 amide bonds. The first-order valence-corrected chi connectivity index (χ1v) is 14.0. The predicted octanol–water partition coefficient (Wildman–Crippen LogP) is 2.84. The van der Waals surface area contributed by atoms with Crippen molar-refractivity contribution in [3.63, 3.8) is 0 Å². The summed E-state index contributed by atoms with van der Waals surface area (Å²) in [4.78, 5) is 7.97. The molecule has 0 bridgehead atoms. The van der Waals surface area contributed by atoms with E-state index in [1.54, 1.807) is 0 Å². The minimum absolute atomic E-state index is 0.248. The molecule has 2 aromatic heterocycles. The van der Waals surface area contributed by atoms with Crippen molar-refractivity contribution < 1.29 is 27.7 Å². The average Bonchev–Trinajstić information content (AvgIpc) is 3.55. The van der Waals surface area contributed by atoms with Crippen molar-refractivity contribution in [1.82, 2.24) is 14.3 Å². The number of hydrogen-bond acceptors (Lipinski definition) is 7. The summed E-state index contributed by atoms with van der Waals surface area (Å²) in [6.45, 7) is 1.46. The van der Waals surface area contributed by atoms with Gasteiger partial charge in [-0.3, -0.25) is 0 Å². The number of aromatic amines is 1. The van der Waals surface area contributed by atoms with Gasteiger partial charge < -0.3 is 24.3 Å². The van der Waals surface area contributed by atoms with Crippen LogP contribution in [0.4, 0.5) is 0 Å². The molecule has 0 unspecified atom stereocenters. The highest BCUT2D eigenvalue weighted by molar-refractivity contribution is 7.88. The first-order valence-electron chi connectivity index (χ1n) is 11.8. The number of aliphatic hydroxyl groups is 1. The first-order chi connectivity index (χ1) is 17.3. The third-order valence-corrected chi connectivity index (χ3v) is 8.52. The summed E-state index contributed by atoms with van der Waals surface area (Å²) >= 11 is 6.59. The second-order valence-electron chi connectivity index (χ2n) is 9.38. The van der Waals surface area contributed by atoms with Gasteiger partial charge in [-0.2, -0.15) is 4.31 Å². The molecule has 2 fully saturated rings. The van der Waals surface area contributed by atoms with Crippen LogP contribution in [0.15, 0.2) is 42.5 Å². The van der Waals surface area contributed by atoms with Gasteiger partial charge in [0.1, 0.15) is 18.3 Å². The fraction of sp³-hybridized carbons (Fsp3) is 0.400. The van der Waals surface area contributed by atoms with Gasteiger partial charge in [0, 0.05) is 24.7 Å². The quantitative estimate of drug-likeness (QED) is 0.520. The Bertz CT molecular complexity index is 1440. The number of halogens is 1. The van der Waals surface area contributed by atoms with Crippen molar-refractivity contribution in [3.8, 4) is 17.1 Å². The largest absolute Gasteiger partial charge is 0.470 e. The van der Waals surface area contributed by atoms with E-state index in [0.29, 0.717) is 48.2 Å². The lowest BCUT2D eigenvalue weighted by atomic mass is 9.98. The molecule has 190 valence electrons. The highest BCUT2D eigenvalue weighted by Crippen LogP contribution is 2.34. The van der Waals surface area contributed by atoms with Gasteiger partial charge in [0.15, 0.2) is 12.0 Å². The minimum Gasteiger partial charge on any atom is -0.470 e. The second-order valence-corrected chi connectivity index (χ2v) is 11.8. The topological polar surface area (TPSA) is 114 Å². The number of aromatic nitrogens is 2. The number of nitrogens with zero attached hydrogens (tertiary/aromatic N) is 2. The molecule has 5 heterocycles. The molecule has 0 saturated carbocycles. The number of aliphatic hydroxyl groups excluding tert-OH is 1. The number of pyridine rings is 1. The number of rotatable bonds is 5. The van der Waals surface area contributed by atoms with Gasteiger partial charge in [0.2, 0.25) is 10.0 Å². The molecular formula is C25H26ClN3O6S. The lowest BCUT2D eigenvalue weighted by molar-refractivity contribution is 0.00794. The van der Waals surface area contributed by atoms with Gasteiger partial charge >= 0.3 is 0 Å². The van der Waals surface area contributed by atoms with Crippen molar-refractivity contribution >= 4 is 38.2 Å². The fourth-order valence-corrected chi connectivity index (χ4v) is 6.07. The number of hydrogen-bond donors (Lipinski definition) is 2. The zero-order chi connectivity index (χ0) is 25.0. The standard InChI is InChI=1S/C25H26ClN3O6S/c1-36(31,32)29-8-6-15(7-9-29)14-2-4-16(5-3-14)23-17(26)10-18-19(28-23)11-22(27-18)35-21-13-34-24-20(30)12-33-25(21)24/h2-6,10-11,20-21,24-25,27,30H,7-9,12-13H2,1H3/t20-,21-,24-,25-/m1/s1. The highest BCUT2D eigenvalue weighted by atomic mass is 35.5. The summed E-state index contributed by atoms with van der Waals surface area (Å²) in [6, 6.07) is 11.6. The summed E-state index contributed by atoms with van der Waals surface area (Å²) < 4.78 is 42.3. The summed E-state index contributed by atoms with van der Waals surface area (Å²) in [5.74, 6) is 0.535. The van der Waals surface area contributed by atoms with Crippen LogP contribution in [0.1, 0.15) is 12.0 Å². The predicted molar refractivity (Wildman–Crippen MR) is 135 cm³/mol. The Morgan fingerprint density at radius 1 is 1.14 bits per heavy atom. The van der Waals surface area contributed by atoms with E-state index < -0.39 is 16.1 Å². The van der Waals surface area contributed by atoms with Crippen LogP contribution in [0.25, 0.3) is 27.9 Å². The molecule has 36 heavy (non-hydrogen) atoms. The molecule has 0 radical (unpaired) electrons. The van der Waals surface area contributed by atoms with E-state index in [9.17, 15) is 13.5 Å². The molecule has 0 spiro atoms. The molecule has 1 aromatic carbocycles. The summed E-state index contributed by atoms with van der Waals surface area (Å²) in [5, 5.41) is 10.4. The van der Waals surface area contributed by atoms with Gasteiger partial charge in [-0.15, -0.1) is 0 Å². The lowest BCUT2D eigenvalue weighted by Crippen LogP contribution is -2.34. The van der Waals surface area contributed by atoms with Crippen LogP contribution < -0.4 is 4.74 Å². The van der Waals surface area contributed by atoms with E-state index in [1.165, 1.54) is 10.6 Å². The smallest absolute Gasteiger partial charge is 0.211 e. The van der Waals surface area contributed by atoms with Crippen LogP contribution in [0.3, 0.4) is 0 Å². The van der Waals surface area contributed by atoms with E-state index in [-0.39, 0.29) is 24.9 Å². The lowest BCUT2D eigenvalue weighted by Gasteiger charge is -2.24. The molecule has 0 aliphatic carbocycles. The molecule has 4 atom stereocenters. The summed E-state index contributed by atoms with van der Waals surface area (Å²) in [7, 11) is -3.18. The first kappa shape index (κ1) is 23.9. The monoisotopic (exact) mass is 531 g/mol. The SMILES string of the molecule is CS(=O)(=O)N1CC=C(c2ccc(-c3nc4cc(O[C@@H]5CO[C@H]6[C@@H]5OC[C@H]6O)[nH]c4cc3Cl)cc2)CC1. The Kier molecular flexibility index (Phi) is 6.06. The molecule has 2 saturated heterocycles. The summed E-state index contributed by atoms with van der Waals surface area (Å²) in [6.07, 6.45) is 2.27. The molecular weight excluding hydrogens is 506 g/mol. The normalized spacial score (nSPS) is 26.8. The summed E-state index contributed by atoms with van der Waals surface area (Å²) in [5.41, 5.74) is 5.18. The Hall–Kier alpha value is -2.47. The Morgan fingerprint density at radius 2 is 1.89 bits per heavy atom. The number of fused-ring (bicyclic) bond motifs is 2. The fourth-order valence-electron chi connectivity index (χ4n) is 5.04. The number of H-pyrrole nitrogens is 1. The van der Waals surface area contributed by atoms with Crippen LogP contribution in [0.5, 0.6) is 5.88 Å². The van der Waals surface area contributed by atoms with Gasteiger partial charge in [0.05, 0.1) is 41.2 Å². The highest BCUT2D eigenvalue weighted by Gasteiger charge is 2.48. The van der Waals surface area contributed by atoms with Gasteiger partial charge in [-0.05, 0) is 23.6 Å². The zero-order valence-electron chi connectivity index (χ0n) is 19.6. The van der Waals surface area contributed by atoms with E-state index in [2.05, 4.69) is 4.98 Å². The van der Waals surface area contributed by atoms with Gasteiger partial charge in [-0.1, -0.05) is 41.9 Å². The average molecular weight is 532 g/mol. The van der Waals surface area contributed by atoms with Crippen molar-refractivity contribution in [2.24, 2.45) is 0 Å². The van der Waals surface area contributed by atoms with Gasteiger partial charge in [-0.25, -0.2) is 13.4 Å². The van der Waals surface area contributed by atoms with Crippen LogP contribution in [-0.2, 0) is 19.5 Å². The molecule has 11 heteroatoms. The number of benzene rings is 1. The van der Waals surface area contributed by atoms with Crippen molar-refractivity contribution in [1.29, 1.82) is 0 Å². The van der Waals surface area contributed by atoms with Crippen LogP contribution in [0.2, 0.25) is 5.02 Å². The number of nitrogens with one attached hydrogen (secondary N) is 1. The second kappa shape index (κ2) is 9.13. The molecule has 6 rings (SSSR count). The third-order valence-electron chi connectivity index (χ3n) is 6.96. The Labute approximate surface area is 213 Å². The van der Waals surface area contributed by atoms with Crippen molar-refractivity contribution in [2.45, 2.75) is 30.8 Å². The zero-order valence-corrected chi connectivity index (χ0v) is 21.1. The maximum absolute atomic E-state index is 11.7. The van der Waals surface area contributed by atoms with E-state index >= 15 is 0 Å². The van der Waals surface area contributed by atoms with Crippen molar-refractivity contribution in [2.75, 3.05) is 32.6 Å².